The first-order valence-corrected chi connectivity index (χ1v) is 9.63. The van der Waals surface area contributed by atoms with Gasteiger partial charge >= 0.3 is 0 Å². The van der Waals surface area contributed by atoms with Gasteiger partial charge in [0.15, 0.2) is 5.16 Å². The number of hydrogen-bond acceptors (Lipinski definition) is 4. The summed E-state index contributed by atoms with van der Waals surface area (Å²) in [4.78, 5) is 17.8. The van der Waals surface area contributed by atoms with E-state index in [9.17, 15) is 4.79 Å². The van der Waals surface area contributed by atoms with E-state index >= 15 is 0 Å². The van der Waals surface area contributed by atoms with E-state index in [0.717, 1.165) is 11.3 Å². The van der Waals surface area contributed by atoms with Crippen LogP contribution in [0.3, 0.4) is 0 Å². The minimum Gasteiger partial charge on any atom is -0.366 e. The third-order valence-electron chi connectivity index (χ3n) is 4.14. The van der Waals surface area contributed by atoms with Gasteiger partial charge in [0, 0.05) is 0 Å². The molecule has 1 heterocycles. The molecule has 4 rings (SSSR count). The zero-order valence-corrected chi connectivity index (χ0v) is 15.4. The second-order valence-electron chi connectivity index (χ2n) is 5.98. The lowest BCUT2D eigenvalue weighted by Gasteiger charge is -2.13. The number of ether oxygens (including phenoxy) is 1. The number of para-hydroxylation sites is 2. The van der Waals surface area contributed by atoms with Gasteiger partial charge in [0.2, 0.25) is 0 Å². The Kier molecular flexibility index (Phi) is 5.32. The summed E-state index contributed by atoms with van der Waals surface area (Å²) in [5, 5.41) is 1.23. The van der Waals surface area contributed by atoms with Crippen molar-refractivity contribution in [2.24, 2.45) is 0 Å². The van der Waals surface area contributed by atoms with Crippen LogP contribution in [-0.2, 0) is 11.3 Å². The Morgan fingerprint density at radius 1 is 0.852 bits per heavy atom. The number of aromatic nitrogens is 2. The predicted octanol–water partition coefficient (Wildman–Crippen LogP) is 4.65. The third-order valence-corrected chi connectivity index (χ3v) is 4.96. The van der Waals surface area contributed by atoms with E-state index in [-0.39, 0.29) is 5.56 Å². The number of thioether (sulfide) groups is 1. The molecule has 0 spiro atoms. The Bertz CT molecular complexity index is 1100. The molecule has 1 aromatic heterocycles. The molecule has 0 atom stereocenters. The molecule has 0 radical (unpaired) electrons. The van der Waals surface area contributed by atoms with E-state index < -0.39 is 0 Å². The molecule has 0 aliphatic carbocycles. The van der Waals surface area contributed by atoms with Crippen LogP contribution < -0.4 is 5.56 Å². The molecule has 3 aromatic carbocycles. The van der Waals surface area contributed by atoms with Crippen molar-refractivity contribution in [2.75, 3.05) is 5.94 Å². The lowest BCUT2D eigenvalue weighted by molar-refractivity contribution is 0.169. The molecule has 134 valence electrons. The predicted molar refractivity (Wildman–Crippen MR) is 109 cm³/mol. The topological polar surface area (TPSA) is 44.1 Å². The zero-order valence-electron chi connectivity index (χ0n) is 14.6. The Balaban J connectivity index is 1.63. The van der Waals surface area contributed by atoms with Gasteiger partial charge in [-0.15, -0.1) is 0 Å². The average Bonchev–Trinajstić information content (AvgIpc) is 2.73. The molecule has 0 saturated heterocycles. The van der Waals surface area contributed by atoms with E-state index in [0.29, 0.717) is 28.6 Å². The van der Waals surface area contributed by atoms with Crippen molar-refractivity contribution in [3.8, 4) is 5.69 Å². The van der Waals surface area contributed by atoms with E-state index in [1.54, 1.807) is 4.57 Å². The first-order chi connectivity index (χ1) is 13.3. The van der Waals surface area contributed by atoms with Crippen LogP contribution in [0.2, 0.25) is 0 Å². The summed E-state index contributed by atoms with van der Waals surface area (Å²) in [6.07, 6.45) is 0. The van der Waals surface area contributed by atoms with Crippen molar-refractivity contribution >= 4 is 22.7 Å². The SMILES string of the molecule is O=c1c2ccccc2nc(SCOCc2ccccc2)n1-c1ccccc1. The van der Waals surface area contributed by atoms with Crippen LogP contribution in [0.25, 0.3) is 16.6 Å². The molecule has 0 N–H and O–H groups in total. The van der Waals surface area contributed by atoms with Crippen LogP contribution in [0.5, 0.6) is 0 Å². The molecular weight excluding hydrogens is 356 g/mol. The first-order valence-electron chi connectivity index (χ1n) is 8.64. The minimum atomic E-state index is -0.0719. The number of benzene rings is 3. The maximum Gasteiger partial charge on any atom is 0.266 e. The summed E-state index contributed by atoms with van der Waals surface area (Å²) in [5.74, 6) is 0.409. The summed E-state index contributed by atoms with van der Waals surface area (Å²) in [7, 11) is 0. The standard InChI is InChI=1S/C22H18N2O2S/c25-21-19-13-7-8-14-20(19)23-22(24(21)18-11-5-2-6-12-18)27-16-26-15-17-9-3-1-4-10-17/h1-14H,15-16H2. The second kappa shape index (κ2) is 8.20. The van der Waals surface area contributed by atoms with Crippen molar-refractivity contribution < 1.29 is 4.74 Å². The molecule has 0 bridgehead atoms. The van der Waals surface area contributed by atoms with Crippen molar-refractivity contribution in [1.29, 1.82) is 0 Å². The molecule has 4 nitrogen and oxygen atoms in total. The largest absolute Gasteiger partial charge is 0.366 e. The van der Waals surface area contributed by atoms with Crippen LogP contribution >= 0.6 is 11.8 Å². The second-order valence-corrected chi connectivity index (χ2v) is 6.87. The molecule has 27 heavy (non-hydrogen) atoms. The highest BCUT2D eigenvalue weighted by molar-refractivity contribution is 7.99. The molecule has 0 unspecified atom stereocenters. The lowest BCUT2D eigenvalue weighted by Crippen LogP contribution is -2.21. The van der Waals surface area contributed by atoms with Gasteiger partial charge in [0.25, 0.3) is 5.56 Å². The maximum atomic E-state index is 13.1. The highest BCUT2D eigenvalue weighted by Gasteiger charge is 2.13. The molecular formula is C22H18N2O2S. The van der Waals surface area contributed by atoms with Gasteiger partial charge in [-0.05, 0) is 29.8 Å². The molecule has 0 amide bonds. The van der Waals surface area contributed by atoms with Crippen molar-refractivity contribution in [3.63, 3.8) is 0 Å². The monoisotopic (exact) mass is 374 g/mol. The fourth-order valence-corrected chi connectivity index (χ4v) is 3.59. The lowest BCUT2D eigenvalue weighted by atomic mass is 10.2. The first kappa shape index (κ1) is 17.5. The number of hydrogen-bond donors (Lipinski definition) is 0. The average molecular weight is 374 g/mol. The van der Waals surface area contributed by atoms with E-state index in [2.05, 4.69) is 0 Å². The van der Waals surface area contributed by atoms with Crippen LogP contribution in [0, 0.1) is 0 Å². The summed E-state index contributed by atoms with van der Waals surface area (Å²) < 4.78 is 7.43. The maximum absolute atomic E-state index is 13.1. The molecule has 0 aliphatic heterocycles. The number of nitrogens with zero attached hydrogens (tertiary/aromatic N) is 2. The Morgan fingerprint density at radius 2 is 1.52 bits per heavy atom. The summed E-state index contributed by atoms with van der Waals surface area (Å²) in [5.41, 5.74) is 2.54. The van der Waals surface area contributed by atoms with Gasteiger partial charge in [-0.3, -0.25) is 9.36 Å². The van der Waals surface area contributed by atoms with Crippen molar-refractivity contribution in [2.45, 2.75) is 11.8 Å². The molecule has 0 aliphatic rings. The summed E-state index contributed by atoms with van der Waals surface area (Å²) in [6, 6.07) is 27.0. The highest BCUT2D eigenvalue weighted by Crippen LogP contribution is 2.21. The highest BCUT2D eigenvalue weighted by atomic mass is 32.2. The smallest absolute Gasteiger partial charge is 0.266 e. The van der Waals surface area contributed by atoms with Crippen LogP contribution in [0.4, 0.5) is 0 Å². The summed E-state index contributed by atoms with van der Waals surface area (Å²) >= 11 is 1.42. The van der Waals surface area contributed by atoms with Crippen LogP contribution in [0.1, 0.15) is 5.56 Å². The van der Waals surface area contributed by atoms with E-state index in [4.69, 9.17) is 9.72 Å². The zero-order chi connectivity index (χ0) is 18.5. The van der Waals surface area contributed by atoms with Gasteiger partial charge in [-0.25, -0.2) is 4.98 Å². The number of rotatable bonds is 6. The van der Waals surface area contributed by atoms with Gasteiger partial charge in [-0.2, -0.15) is 0 Å². The van der Waals surface area contributed by atoms with Gasteiger partial charge in [0.1, 0.15) is 5.94 Å². The summed E-state index contributed by atoms with van der Waals surface area (Å²) in [6.45, 7) is 0.525. The van der Waals surface area contributed by atoms with Gasteiger partial charge < -0.3 is 4.74 Å². The Labute approximate surface area is 161 Å². The molecule has 0 saturated carbocycles. The minimum absolute atomic E-state index is 0.0719. The quantitative estimate of drug-likeness (QED) is 0.213. The van der Waals surface area contributed by atoms with Crippen molar-refractivity contribution in [3.05, 3.63) is 101 Å². The van der Waals surface area contributed by atoms with Gasteiger partial charge in [-0.1, -0.05) is 72.4 Å². The van der Waals surface area contributed by atoms with Crippen LogP contribution in [-0.4, -0.2) is 15.5 Å². The third kappa shape index (κ3) is 3.94. The normalized spacial score (nSPS) is 11.0. The van der Waals surface area contributed by atoms with E-state index in [1.165, 1.54) is 11.8 Å². The van der Waals surface area contributed by atoms with E-state index in [1.807, 2.05) is 84.9 Å². The number of fused-ring (bicyclic) bond motifs is 1. The van der Waals surface area contributed by atoms with Crippen molar-refractivity contribution in [1.82, 2.24) is 9.55 Å². The Morgan fingerprint density at radius 3 is 2.30 bits per heavy atom. The molecule has 4 aromatic rings. The van der Waals surface area contributed by atoms with Crippen LogP contribution in [0.15, 0.2) is 94.9 Å². The fraction of sp³-hybridized carbons (Fsp3) is 0.0909. The Hall–Kier alpha value is -2.89. The molecule has 0 fully saturated rings. The van der Waals surface area contributed by atoms with Gasteiger partial charge in [0.05, 0.1) is 23.2 Å². The fourth-order valence-electron chi connectivity index (χ4n) is 2.84. The molecule has 5 heteroatoms.